The molecule has 0 atom stereocenters. The maximum atomic E-state index is 12.8. The molecule has 4 nitrogen and oxygen atoms in total. The molecule has 0 radical (unpaired) electrons. The molecule has 0 saturated heterocycles. The predicted molar refractivity (Wildman–Crippen MR) is 46.0 cm³/mol. The zero-order chi connectivity index (χ0) is 11.0. The maximum Gasteiger partial charge on any atom is 0.132 e. The number of allylic oxidation sites excluding steroid dienone is 5. The molecule has 5 heteroatoms. The van der Waals surface area contributed by atoms with Crippen molar-refractivity contribution >= 4 is 5.87 Å². The molecule has 0 amide bonds. The number of nitriles is 3. The van der Waals surface area contributed by atoms with Gasteiger partial charge in [-0.1, -0.05) is 0 Å². The van der Waals surface area contributed by atoms with E-state index in [1.54, 1.807) is 0 Å². The van der Waals surface area contributed by atoms with Crippen LogP contribution in [0.25, 0.3) is 5.41 Å². The first kappa shape index (κ1) is 11.3. The van der Waals surface area contributed by atoms with Crippen molar-refractivity contribution in [1.82, 2.24) is 0 Å². The largest absolute Gasteiger partial charge is 0.762 e. The van der Waals surface area contributed by atoms with E-state index in [0.717, 1.165) is 0 Å². The van der Waals surface area contributed by atoms with E-state index in [2.05, 4.69) is 0 Å². The van der Waals surface area contributed by atoms with Crippen LogP contribution in [-0.4, -0.2) is 5.87 Å². The number of halogens is 1. The molecular weight excluding hydrogens is 183 g/mol. The van der Waals surface area contributed by atoms with Crippen LogP contribution in [0, 0.1) is 34.0 Å². The third kappa shape index (κ3) is 3.64. The van der Waals surface area contributed by atoms with E-state index in [4.69, 9.17) is 21.2 Å². The molecule has 0 aromatic carbocycles. The molecule has 0 aliphatic heterocycles. The number of nitrogens with zero attached hydrogens (tertiary/aromatic N) is 4. The molecule has 0 N–H and O–H groups in total. The van der Waals surface area contributed by atoms with Gasteiger partial charge in [-0.15, -0.1) is 0 Å². The van der Waals surface area contributed by atoms with Crippen molar-refractivity contribution in [3.8, 4) is 18.2 Å². The zero-order valence-electron chi connectivity index (χ0n) is 6.82. The van der Waals surface area contributed by atoms with Gasteiger partial charge in [0.15, 0.2) is 0 Å². The lowest BCUT2D eigenvalue weighted by Crippen LogP contribution is -1.77. The highest BCUT2D eigenvalue weighted by Crippen LogP contribution is 2.05. The number of rotatable bonds is 2. The van der Waals surface area contributed by atoms with Crippen LogP contribution in [0.5, 0.6) is 0 Å². The first-order valence-electron chi connectivity index (χ1n) is 3.24. The van der Waals surface area contributed by atoms with E-state index in [1.165, 1.54) is 24.1 Å². The van der Waals surface area contributed by atoms with Crippen molar-refractivity contribution in [3.63, 3.8) is 0 Å². The minimum atomic E-state index is -0.985. The van der Waals surface area contributed by atoms with E-state index in [9.17, 15) is 4.39 Å². The highest BCUT2D eigenvalue weighted by molar-refractivity contribution is 5.70. The summed E-state index contributed by atoms with van der Waals surface area (Å²) in [6.07, 6.45) is 1.29. The molecular formula is C9H2FN4-. The molecule has 0 aromatic rings. The summed E-state index contributed by atoms with van der Waals surface area (Å²) in [4.78, 5) is 0. The van der Waals surface area contributed by atoms with Crippen molar-refractivity contribution < 1.29 is 4.39 Å². The minimum Gasteiger partial charge on any atom is -0.762 e. The maximum absolute atomic E-state index is 12.8. The quantitative estimate of drug-likeness (QED) is 0.370. The molecule has 0 bridgehead atoms. The van der Waals surface area contributed by atoms with Crippen LogP contribution in [-0.2, 0) is 0 Å². The molecule has 0 fully saturated rings. The second-order valence-electron chi connectivity index (χ2n) is 1.95. The Labute approximate surface area is 79.6 Å². The van der Waals surface area contributed by atoms with E-state index >= 15 is 0 Å². The van der Waals surface area contributed by atoms with Gasteiger partial charge in [0.25, 0.3) is 0 Å². The van der Waals surface area contributed by atoms with Gasteiger partial charge in [0.2, 0.25) is 0 Å². The van der Waals surface area contributed by atoms with Gasteiger partial charge >= 0.3 is 0 Å². The van der Waals surface area contributed by atoms with Gasteiger partial charge in [-0.05, 0) is 6.08 Å². The van der Waals surface area contributed by atoms with Gasteiger partial charge in [-0.25, -0.2) is 4.39 Å². The Morgan fingerprint density at radius 2 is 1.64 bits per heavy atom. The zero-order valence-corrected chi connectivity index (χ0v) is 6.82. The molecule has 0 spiro atoms. The summed E-state index contributed by atoms with van der Waals surface area (Å²) >= 11 is 0. The Balaban J connectivity index is 5.05. The van der Waals surface area contributed by atoms with E-state index in [0.29, 0.717) is 12.2 Å². The fourth-order valence-corrected chi connectivity index (χ4v) is 0.497. The van der Waals surface area contributed by atoms with E-state index in [1.807, 2.05) is 0 Å². The Bertz CT molecular complexity index is 443. The molecule has 0 aliphatic carbocycles. The third-order valence-electron chi connectivity index (χ3n) is 1.05. The van der Waals surface area contributed by atoms with Crippen LogP contribution in [0.2, 0.25) is 0 Å². The lowest BCUT2D eigenvalue weighted by Gasteiger charge is -1.87. The van der Waals surface area contributed by atoms with Gasteiger partial charge in [-0.3, -0.25) is 5.87 Å². The van der Waals surface area contributed by atoms with Crippen molar-refractivity contribution in [2.45, 2.75) is 0 Å². The van der Waals surface area contributed by atoms with Gasteiger partial charge in [-0.2, -0.15) is 15.8 Å². The molecule has 14 heavy (non-hydrogen) atoms. The predicted octanol–water partition coefficient (Wildman–Crippen LogP) is 1.50. The lowest BCUT2D eigenvalue weighted by atomic mass is 10.2. The normalized spacial score (nSPS) is 8.57. The summed E-state index contributed by atoms with van der Waals surface area (Å²) in [5.74, 6) is 0.451. The van der Waals surface area contributed by atoms with Crippen molar-refractivity contribution in [2.75, 3.05) is 0 Å². The molecule has 0 rings (SSSR count). The average molecular weight is 185 g/mol. The van der Waals surface area contributed by atoms with Gasteiger partial charge < -0.3 is 5.41 Å². The first-order valence-corrected chi connectivity index (χ1v) is 3.24. The van der Waals surface area contributed by atoms with E-state index < -0.39 is 17.0 Å². The van der Waals surface area contributed by atoms with Crippen molar-refractivity contribution in [2.24, 2.45) is 0 Å². The first-order chi connectivity index (χ1) is 6.67. The summed E-state index contributed by atoms with van der Waals surface area (Å²) in [5.41, 5.74) is -0.872. The SMILES string of the molecule is N#CC(=C=[N-])C=C(F)C=C(C#N)C#N. The van der Waals surface area contributed by atoms with E-state index in [-0.39, 0.29) is 0 Å². The summed E-state index contributed by atoms with van der Waals surface area (Å²) in [6, 6.07) is 4.31. The summed E-state index contributed by atoms with van der Waals surface area (Å²) in [7, 11) is 0. The second-order valence-corrected chi connectivity index (χ2v) is 1.95. The molecule has 0 heterocycles. The minimum absolute atomic E-state index is 0.436. The highest BCUT2D eigenvalue weighted by Gasteiger charge is 1.96. The van der Waals surface area contributed by atoms with Crippen molar-refractivity contribution in [1.29, 1.82) is 15.8 Å². The topological polar surface area (TPSA) is 93.7 Å². The molecule has 0 aromatic heterocycles. The van der Waals surface area contributed by atoms with Crippen LogP contribution >= 0.6 is 0 Å². The summed E-state index contributed by atoms with van der Waals surface area (Å²) < 4.78 is 12.8. The summed E-state index contributed by atoms with van der Waals surface area (Å²) in [6.45, 7) is 0. The van der Waals surface area contributed by atoms with Crippen LogP contribution in [0.3, 0.4) is 0 Å². The Hall–Kier alpha value is -2.67. The fraction of sp³-hybridized carbons (Fsp3) is 0. The second kappa shape index (κ2) is 5.91. The van der Waals surface area contributed by atoms with Crippen LogP contribution in [0.4, 0.5) is 4.39 Å². The smallest absolute Gasteiger partial charge is 0.132 e. The standard InChI is InChI=1S/C9H2FN4/c10-9(1-7(3-11)4-12)2-8(5-13)6-14/h1-2H/q-1. The Morgan fingerprint density at radius 3 is 2.00 bits per heavy atom. The average Bonchev–Trinajstić information content (AvgIpc) is 2.22. The summed E-state index contributed by atoms with van der Waals surface area (Å²) in [5, 5.41) is 33.0. The third-order valence-corrected chi connectivity index (χ3v) is 1.05. The molecule has 0 unspecified atom stereocenters. The molecule has 66 valence electrons. The molecule has 0 aliphatic rings. The van der Waals surface area contributed by atoms with Gasteiger partial charge in [0, 0.05) is 6.08 Å². The Kier molecular flexibility index (Phi) is 4.79. The van der Waals surface area contributed by atoms with Crippen molar-refractivity contribution in [3.05, 3.63) is 34.5 Å². The van der Waals surface area contributed by atoms with Crippen LogP contribution in [0.15, 0.2) is 29.1 Å². The lowest BCUT2D eigenvalue weighted by molar-refractivity contribution is 0.666. The van der Waals surface area contributed by atoms with Gasteiger partial charge in [0.05, 0.1) is 5.57 Å². The van der Waals surface area contributed by atoms with Crippen LogP contribution in [0.1, 0.15) is 0 Å². The number of hydrogen-bond acceptors (Lipinski definition) is 3. The van der Waals surface area contributed by atoms with Gasteiger partial charge in [0.1, 0.15) is 29.6 Å². The Morgan fingerprint density at radius 1 is 1.07 bits per heavy atom. The highest BCUT2D eigenvalue weighted by atomic mass is 19.1. The monoisotopic (exact) mass is 185 g/mol. The van der Waals surface area contributed by atoms with Crippen LogP contribution < -0.4 is 0 Å². The molecule has 0 saturated carbocycles. The number of hydrogen-bond donors (Lipinski definition) is 0. The fourth-order valence-electron chi connectivity index (χ4n) is 0.497.